The van der Waals surface area contributed by atoms with Gasteiger partial charge in [0.05, 0.1) is 0 Å². The van der Waals surface area contributed by atoms with Crippen LogP contribution in [0.25, 0.3) is 0 Å². The smallest absolute Gasteiger partial charge is 0.251 e. The van der Waals surface area contributed by atoms with E-state index in [2.05, 4.69) is 22.8 Å². The van der Waals surface area contributed by atoms with E-state index in [0.29, 0.717) is 6.04 Å². The lowest BCUT2D eigenvalue weighted by molar-refractivity contribution is -0.129. The monoisotopic (exact) mass is 327 g/mol. The summed E-state index contributed by atoms with van der Waals surface area (Å²) >= 11 is 0. The maximum atomic E-state index is 12.3. The van der Waals surface area contributed by atoms with Crippen molar-refractivity contribution in [1.82, 2.24) is 10.2 Å². The van der Waals surface area contributed by atoms with Crippen molar-refractivity contribution in [3.63, 3.8) is 0 Å². The number of hydrogen-bond acceptors (Lipinski definition) is 3. The number of anilines is 1. The highest BCUT2D eigenvalue weighted by Crippen LogP contribution is 2.46. The molecule has 0 radical (unpaired) electrons. The first kappa shape index (κ1) is 15.5. The van der Waals surface area contributed by atoms with Crippen molar-refractivity contribution >= 4 is 17.5 Å². The topological polar surface area (TPSA) is 61.4 Å². The fraction of sp³-hybridized carbons (Fsp3) is 0.579. The summed E-state index contributed by atoms with van der Waals surface area (Å²) < 4.78 is 0. The largest absolute Gasteiger partial charge is 0.382 e. The van der Waals surface area contributed by atoms with Crippen LogP contribution in [0.2, 0.25) is 0 Å². The lowest BCUT2D eigenvalue weighted by Crippen LogP contribution is -2.50. The third-order valence-corrected chi connectivity index (χ3v) is 6.04. The zero-order valence-corrected chi connectivity index (χ0v) is 14.2. The second kappa shape index (κ2) is 5.80. The van der Waals surface area contributed by atoms with Gasteiger partial charge in [0, 0.05) is 49.3 Å². The van der Waals surface area contributed by atoms with Crippen LogP contribution >= 0.6 is 0 Å². The van der Waals surface area contributed by atoms with E-state index >= 15 is 0 Å². The molecular weight excluding hydrogens is 302 g/mol. The van der Waals surface area contributed by atoms with Gasteiger partial charge in [-0.25, -0.2) is 0 Å². The molecule has 2 amide bonds. The van der Waals surface area contributed by atoms with E-state index in [9.17, 15) is 9.59 Å². The second-order valence-electron chi connectivity index (χ2n) is 7.50. The molecule has 128 valence electrons. The van der Waals surface area contributed by atoms with Gasteiger partial charge >= 0.3 is 0 Å². The first-order chi connectivity index (χ1) is 11.6. The molecule has 5 heteroatoms. The van der Waals surface area contributed by atoms with Crippen molar-refractivity contribution in [3.05, 3.63) is 29.3 Å². The molecule has 3 aliphatic rings. The summed E-state index contributed by atoms with van der Waals surface area (Å²) in [5.74, 6) is 0.210. The van der Waals surface area contributed by atoms with Crippen molar-refractivity contribution in [2.45, 2.75) is 50.5 Å². The van der Waals surface area contributed by atoms with Crippen molar-refractivity contribution in [1.29, 1.82) is 0 Å². The molecule has 2 fully saturated rings. The van der Waals surface area contributed by atoms with Crippen LogP contribution in [-0.2, 0) is 10.2 Å². The lowest BCUT2D eigenvalue weighted by Gasteiger charge is -2.46. The fourth-order valence-electron chi connectivity index (χ4n) is 4.35. The highest BCUT2D eigenvalue weighted by atomic mass is 16.2. The number of nitrogens with one attached hydrogen (secondary N) is 2. The third kappa shape index (κ3) is 2.56. The number of carbonyl (C=O) groups excluding carboxylic acids is 2. The maximum Gasteiger partial charge on any atom is 0.251 e. The van der Waals surface area contributed by atoms with Crippen LogP contribution in [-0.4, -0.2) is 42.4 Å². The first-order valence-corrected chi connectivity index (χ1v) is 9.02. The molecule has 4 rings (SSSR count). The number of benzene rings is 1. The normalized spacial score (nSPS) is 22.5. The lowest BCUT2D eigenvalue weighted by atomic mass is 9.62. The third-order valence-electron chi connectivity index (χ3n) is 6.04. The Hall–Kier alpha value is -2.04. The highest BCUT2D eigenvalue weighted by Gasteiger charge is 2.44. The molecule has 0 unspecified atom stereocenters. The van der Waals surface area contributed by atoms with Gasteiger partial charge < -0.3 is 15.5 Å². The standard InChI is InChI=1S/C19H25N3O2/c1-13(23)22-9-5-14(6-10-22)21-15-3-4-17-16(11-15)18(24)20-12-19(17)7-2-8-19/h3-4,11,14,21H,2,5-10,12H2,1H3,(H,20,24). The minimum Gasteiger partial charge on any atom is -0.382 e. The SMILES string of the molecule is CC(=O)N1CCC(Nc2ccc3c(c2)C(=O)NCC32CCC2)CC1. The van der Waals surface area contributed by atoms with Gasteiger partial charge in [-0.15, -0.1) is 0 Å². The van der Waals surface area contributed by atoms with Crippen molar-refractivity contribution < 1.29 is 9.59 Å². The van der Waals surface area contributed by atoms with E-state index in [1.165, 1.54) is 24.8 Å². The van der Waals surface area contributed by atoms with E-state index < -0.39 is 0 Å². The second-order valence-corrected chi connectivity index (χ2v) is 7.50. The number of rotatable bonds is 2. The predicted octanol–water partition coefficient (Wildman–Crippen LogP) is 2.27. The average molecular weight is 327 g/mol. The average Bonchev–Trinajstić information content (AvgIpc) is 2.55. The van der Waals surface area contributed by atoms with E-state index in [1.54, 1.807) is 6.92 Å². The van der Waals surface area contributed by atoms with Crippen LogP contribution in [0.5, 0.6) is 0 Å². The quantitative estimate of drug-likeness (QED) is 0.876. The molecule has 2 heterocycles. The van der Waals surface area contributed by atoms with Gasteiger partial charge in [-0.1, -0.05) is 12.5 Å². The van der Waals surface area contributed by atoms with Gasteiger partial charge in [0.2, 0.25) is 5.91 Å². The summed E-state index contributed by atoms with van der Waals surface area (Å²) in [5.41, 5.74) is 3.28. The summed E-state index contributed by atoms with van der Waals surface area (Å²) in [4.78, 5) is 25.6. The molecule has 24 heavy (non-hydrogen) atoms. The summed E-state index contributed by atoms with van der Waals surface area (Å²) in [7, 11) is 0. The Bertz CT molecular complexity index is 673. The van der Waals surface area contributed by atoms with Crippen LogP contribution in [0.4, 0.5) is 5.69 Å². The summed E-state index contributed by atoms with van der Waals surface area (Å²) in [6.45, 7) is 4.03. The van der Waals surface area contributed by atoms with Crippen LogP contribution in [0.15, 0.2) is 18.2 Å². The van der Waals surface area contributed by atoms with Gasteiger partial charge in [0.15, 0.2) is 0 Å². The molecule has 5 nitrogen and oxygen atoms in total. The van der Waals surface area contributed by atoms with Gasteiger partial charge in [-0.3, -0.25) is 9.59 Å². The van der Waals surface area contributed by atoms with Crippen LogP contribution in [0.1, 0.15) is 54.9 Å². The Morgan fingerprint density at radius 2 is 2.04 bits per heavy atom. The zero-order valence-electron chi connectivity index (χ0n) is 14.2. The molecule has 1 saturated heterocycles. The summed E-state index contributed by atoms with van der Waals surface area (Å²) in [5, 5.41) is 6.63. The maximum absolute atomic E-state index is 12.3. The van der Waals surface area contributed by atoms with Gasteiger partial charge in [0.25, 0.3) is 5.91 Å². The number of likely N-dealkylation sites (tertiary alicyclic amines) is 1. The van der Waals surface area contributed by atoms with Gasteiger partial charge in [-0.2, -0.15) is 0 Å². The Labute approximate surface area is 142 Å². The van der Waals surface area contributed by atoms with Crippen LogP contribution in [0, 0.1) is 0 Å². The van der Waals surface area contributed by atoms with E-state index in [-0.39, 0.29) is 17.2 Å². The minimum absolute atomic E-state index is 0.0533. The minimum atomic E-state index is 0.0533. The van der Waals surface area contributed by atoms with Crippen LogP contribution < -0.4 is 10.6 Å². The molecule has 0 bridgehead atoms. The highest BCUT2D eigenvalue weighted by molar-refractivity contribution is 5.98. The zero-order chi connectivity index (χ0) is 16.7. The first-order valence-electron chi connectivity index (χ1n) is 9.02. The number of carbonyl (C=O) groups is 2. The molecule has 1 saturated carbocycles. The summed E-state index contributed by atoms with van der Waals surface area (Å²) in [6, 6.07) is 6.65. The number of piperidine rings is 1. The molecule has 1 aromatic rings. The molecule has 2 N–H and O–H groups in total. The predicted molar refractivity (Wildman–Crippen MR) is 93.2 cm³/mol. The molecule has 0 aromatic heterocycles. The van der Waals surface area contributed by atoms with Gasteiger partial charge in [0.1, 0.15) is 0 Å². The molecule has 1 aromatic carbocycles. The molecule has 2 aliphatic heterocycles. The molecule has 1 aliphatic carbocycles. The fourth-order valence-corrected chi connectivity index (χ4v) is 4.35. The number of nitrogens with zero attached hydrogens (tertiary/aromatic N) is 1. The molecule has 0 atom stereocenters. The van der Waals surface area contributed by atoms with E-state index in [4.69, 9.17) is 0 Å². The molecule has 1 spiro atoms. The van der Waals surface area contributed by atoms with Crippen molar-refractivity contribution in [3.8, 4) is 0 Å². The number of hydrogen-bond donors (Lipinski definition) is 2. The Balaban J connectivity index is 1.49. The number of amides is 2. The van der Waals surface area contributed by atoms with Crippen molar-refractivity contribution in [2.75, 3.05) is 25.0 Å². The van der Waals surface area contributed by atoms with Crippen LogP contribution in [0.3, 0.4) is 0 Å². The Kier molecular flexibility index (Phi) is 3.74. The Morgan fingerprint density at radius 3 is 2.67 bits per heavy atom. The number of fused-ring (bicyclic) bond motifs is 2. The van der Waals surface area contributed by atoms with E-state index in [0.717, 1.165) is 43.7 Å². The molecular formula is C19H25N3O2. The van der Waals surface area contributed by atoms with E-state index in [1.807, 2.05) is 11.0 Å². The summed E-state index contributed by atoms with van der Waals surface area (Å²) in [6.07, 6.45) is 5.51. The van der Waals surface area contributed by atoms with Gasteiger partial charge in [-0.05, 0) is 43.4 Å². The Morgan fingerprint density at radius 1 is 1.29 bits per heavy atom. The van der Waals surface area contributed by atoms with Crippen molar-refractivity contribution in [2.24, 2.45) is 0 Å².